The fraction of sp³-hybridized carbons (Fsp3) is 0.0625. The van der Waals surface area contributed by atoms with Crippen LogP contribution >= 0.6 is 0 Å². The maximum Gasteiger partial charge on any atom is 0.139 e. The van der Waals surface area contributed by atoms with Crippen molar-refractivity contribution in [2.45, 2.75) is 13.8 Å². The number of benzene rings is 2. The van der Waals surface area contributed by atoms with Crippen molar-refractivity contribution in [2.24, 2.45) is 0 Å². The second kappa shape index (κ2) is 10.5. The normalized spacial score (nSPS) is 13.4. The highest BCUT2D eigenvalue weighted by molar-refractivity contribution is 6.11. The highest BCUT2D eigenvalue weighted by Crippen LogP contribution is 2.37. The van der Waals surface area contributed by atoms with Crippen molar-refractivity contribution in [1.82, 2.24) is 0 Å². The molecule has 0 N–H and O–H groups in total. The van der Waals surface area contributed by atoms with Gasteiger partial charge in [0.25, 0.3) is 0 Å². The van der Waals surface area contributed by atoms with E-state index in [9.17, 15) is 0 Å². The first kappa shape index (κ1) is 22.9. The highest BCUT2D eigenvalue weighted by atomic mass is 16.3. The quantitative estimate of drug-likeness (QED) is 0.253. The highest BCUT2D eigenvalue weighted by Gasteiger charge is 2.15. The third-order valence-electron chi connectivity index (χ3n) is 5.50. The molecule has 168 valence electrons. The minimum Gasteiger partial charge on any atom is -0.456 e. The zero-order valence-corrected chi connectivity index (χ0v) is 19.6. The first-order chi connectivity index (χ1) is 16.7. The van der Waals surface area contributed by atoms with Crippen molar-refractivity contribution in [3.8, 4) is 0 Å². The smallest absolute Gasteiger partial charge is 0.139 e. The van der Waals surface area contributed by atoms with Crippen LogP contribution in [0.4, 0.5) is 0 Å². The number of hydrogen-bond acceptors (Lipinski definition) is 2. The number of fused-ring (bicyclic) bond motifs is 4. The predicted molar refractivity (Wildman–Crippen MR) is 149 cm³/mol. The van der Waals surface area contributed by atoms with Gasteiger partial charge in [0.15, 0.2) is 0 Å². The van der Waals surface area contributed by atoms with E-state index in [4.69, 9.17) is 8.83 Å². The lowest BCUT2D eigenvalue weighted by Crippen LogP contribution is -1.80. The van der Waals surface area contributed by atoms with Gasteiger partial charge in [-0.25, -0.2) is 0 Å². The average Bonchev–Trinajstić information content (AvgIpc) is 3.37. The van der Waals surface area contributed by atoms with Gasteiger partial charge in [-0.15, -0.1) is 0 Å². The predicted octanol–water partition coefficient (Wildman–Crippen LogP) is 9.82. The Kier molecular flexibility index (Phi) is 7.10. The molecule has 4 rings (SSSR count). The molecule has 2 aromatic carbocycles. The first-order valence-corrected chi connectivity index (χ1v) is 11.3. The van der Waals surface area contributed by atoms with Crippen molar-refractivity contribution in [3.05, 3.63) is 127 Å². The van der Waals surface area contributed by atoms with E-state index in [1.807, 2.05) is 86.7 Å². The molecular formula is C32H28O2. The monoisotopic (exact) mass is 444 g/mol. The van der Waals surface area contributed by atoms with Gasteiger partial charge < -0.3 is 8.83 Å². The standard InChI is InChI=1S/C32H28O2/c1-5-9-11-13-16-25-27-21-28-26-20-24(23(14-7-3)15-8-4)18-19-30(26)34-32(28)22-31(27)33-29(25)17-12-10-6-2/h5-22H,1,3H2,2,4H3/b10-6-,11-9+,15-8-,16-13+,17-12-,23-14+. The molecular weight excluding hydrogens is 416 g/mol. The molecule has 2 heterocycles. The van der Waals surface area contributed by atoms with Crippen LogP contribution in [0.15, 0.2) is 119 Å². The van der Waals surface area contributed by atoms with E-state index < -0.39 is 0 Å². The van der Waals surface area contributed by atoms with Gasteiger partial charge >= 0.3 is 0 Å². The molecule has 4 aromatic rings. The summed E-state index contributed by atoms with van der Waals surface area (Å²) in [5.74, 6) is 0.804. The van der Waals surface area contributed by atoms with Crippen LogP contribution in [0.25, 0.3) is 50.6 Å². The molecule has 34 heavy (non-hydrogen) atoms. The van der Waals surface area contributed by atoms with Crippen LogP contribution in [0.1, 0.15) is 30.7 Å². The summed E-state index contributed by atoms with van der Waals surface area (Å²) in [5.41, 5.74) is 5.69. The number of hydrogen-bond donors (Lipinski definition) is 0. The van der Waals surface area contributed by atoms with Crippen LogP contribution in [0.2, 0.25) is 0 Å². The lowest BCUT2D eigenvalue weighted by Gasteiger charge is -2.02. The molecule has 2 nitrogen and oxygen atoms in total. The third-order valence-corrected chi connectivity index (χ3v) is 5.50. The van der Waals surface area contributed by atoms with Crippen LogP contribution in [0.3, 0.4) is 0 Å². The summed E-state index contributed by atoms with van der Waals surface area (Å²) in [5, 5.41) is 3.17. The van der Waals surface area contributed by atoms with E-state index in [1.54, 1.807) is 6.08 Å². The number of furan rings is 2. The van der Waals surface area contributed by atoms with Crippen LogP contribution in [-0.2, 0) is 0 Å². The van der Waals surface area contributed by atoms with Crippen molar-refractivity contribution < 1.29 is 8.83 Å². The Morgan fingerprint density at radius 3 is 2.26 bits per heavy atom. The summed E-state index contributed by atoms with van der Waals surface area (Å²) in [7, 11) is 0. The minimum absolute atomic E-state index is 0.792. The Morgan fingerprint density at radius 2 is 1.50 bits per heavy atom. The average molecular weight is 445 g/mol. The van der Waals surface area contributed by atoms with Crippen molar-refractivity contribution in [2.75, 3.05) is 0 Å². The Labute approximate surface area is 200 Å². The second-order valence-electron chi connectivity index (χ2n) is 7.76. The number of rotatable bonds is 8. The van der Waals surface area contributed by atoms with Crippen molar-refractivity contribution in [3.63, 3.8) is 0 Å². The molecule has 0 spiro atoms. The van der Waals surface area contributed by atoms with E-state index in [1.165, 1.54) is 0 Å². The zero-order valence-electron chi connectivity index (χ0n) is 19.6. The maximum absolute atomic E-state index is 6.23. The van der Waals surface area contributed by atoms with Crippen LogP contribution in [0, 0.1) is 0 Å². The topological polar surface area (TPSA) is 26.3 Å². The molecule has 0 amide bonds. The van der Waals surface area contributed by atoms with E-state index in [2.05, 4.69) is 43.5 Å². The molecule has 0 bridgehead atoms. The largest absolute Gasteiger partial charge is 0.456 e. The first-order valence-electron chi connectivity index (χ1n) is 11.3. The Balaban J connectivity index is 1.95. The van der Waals surface area contributed by atoms with Crippen molar-refractivity contribution >= 4 is 50.6 Å². The van der Waals surface area contributed by atoms with Gasteiger partial charge in [-0.1, -0.05) is 92.1 Å². The lowest BCUT2D eigenvalue weighted by molar-refractivity contribution is 0.601. The molecule has 0 fully saturated rings. The molecule has 0 unspecified atom stereocenters. The molecule has 0 atom stereocenters. The molecule has 0 aliphatic rings. The van der Waals surface area contributed by atoms with Gasteiger partial charge in [-0.05, 0) is 49.3 Å². The third kappa shape index (κ3) is 4.57. The van der Waals surface area contributed by atoms with Crippen LogP contribution < -0.4 is 0 Å². The van der Waals surface area contributed by atoms with Gasteiger partial charge in [0.2, 0.25) is 0 Å². The Hall–Kier alpha value is -4.30. The van der Waals surface area contributed by atoms with E-state index in [0.717, 1.165) is 55.4 Å². The fourth-order valence-electron chi connectivity index (χ4n) is 3.98. The van der Waals surface area contributed by atoms with E-state index in [0.29, 0.717) is 0 Å². The molecule has 0 saturated carbocycles. The molecule has 0 aliphatic carbocycles. The summed E-state index contributed by atoms with van der Waals surface area (Å²) in [4.78, 5) is 0. The van der Waals surface area contributed by atoms with Crippen molar-refractivity contribution in [1.29, 1.82) is 0 Å². The zero-order chi connectivity index (χ0) is 23.9. The van der Waals surface area contributed by atoms with Gasteiger partial charge in [0, 0.05) is 27.8 Å². The van der Waals surface area contributed by atoms with Gasteiger partial charge in [-0.2, -0.15) is 0 Å². The molecule has 2 aromatic heterocycles. The Morgan fingerprint density at radius 1 is 0.706 bits per heavy atom. The van der Waals surface area contributed by atoms with Crippen LogP contribution in [-0.4, -0.2) is 0 Å². The summed E-state index contributed by atoms with van der Waals surface area (Å²) < 4.78 is 12.4. The summed E-state index contributed by atoms with van der Waals surface area (Å²) in [6, 6.07) is 10.4. The lowest BCUT2D eigenvalue weighted by atomic mass is 10.0. The van der Waals surface area contributed by atoms with E-state index in [-0.39, 0.29) is 0 Å². The minimum atomic E-state index is 0.792. The maximum atomic E-state index is 6.23. The Bertz CT molecular complexity index is 1540. The fourth-order valence-corrected chi connectivity index (χ4v) is 3.98. The second-order valence-corrected chi connectivity index (χ2v) is 7.76. The van der Waals surface area contributed by atoms with Gasteiger partial charge in [0.05, 0.1) is 0 Å². The van der Waals surface area contributed by atoms with Crippen LogP contribution in [0.5, 0.6) is 0 Å². The molecule has 0 aliphatic heterocycles. The summed E-state index contributed by atoms with van der Waals surface area (Å²) in [6.07, 6.45) is 25.6. The molecule has 0 saturated heterocycles. The molecule has 0 radical (unpaired) electrons. The van der Waals surface area contributed by atoms with Gasteiger partial charge in [-0.3, -0.25) is 0 Å². The van der Waals surface area contributed by atoms with E-state index >= 15 is 0 Å². The van der Waals surface area contributed by atoms with Gasteiger partial charge in [0.1, 0.15) is 22.5 Å². The number of allylic oxidation sites excluding steroid dienone is 12. The summed E-state index contributed by atoms with van der Waals surface area (Å²) >= 11 is 0. The summed E-state index contributed by atoms with van der Waals surface area (Å²) in [6.45, 7) is 11.6. The SMILES string of the molecule is C=C/C=C/C=C/c1c(/C=C\C=C/C)oc2cc3oc4ccc(C(/C=C\C)=C/C=C)cc4c3cc12. The molecule has 2 heteroatoms.